The first-order chi connectivity index (χ1) is 16.9. The van der Waals surface area contributed by atoms with Crippen LogP contribution in [0.15, 0.2) is 25.3 Å². The fourth-order valence-electron chi connectivity index (χ4n) is 6.07. The zero-order chi connectivity index (χ0) is 25.6. The van der Waals surface area contributed by atoms with Gasteiger partial charge in [-0.3, -0.25) is 14.4 Å². The monoisotopic (exact) mass is 506 g/mol. The van der Waals surface area contributed by atoms with E-state index < -0.39 is 28.7 Å². The van der Waals surface area contributed by atoms with Crippen LogP contribution in [0.2, 0.25) is 0 Å². The summed E-state index contributed by atoms with van der Waals surface area (Å²) in [4.78, 5) is 44.7. The molecule has 3 saturated heterocycles. The molecule has 196 valence electrons. The highest BCUT2D eigenvalue weighted by atomic mass is 32.2. The number of carbonyl (C=O) groups excluding carboxylic acids is 3. The average Bonchev–Trinajstić information content (AvgIpc) is 3.50. The van der Waals surface area contributed by atoms with Gasteiger partial charge in [0.05, 0.1) is 35.8 Å². The van der Waals surface area contributed by atoms with Gasteiger partial charge in [-0.25, -0.2) is 0 Å². The van der Waals surface area contributed by atoms with Crippen molar-refractivity contribution in [3.8, 4) is 0 Å². The fourth-order valence-corrected chi connectivity index (χ4v) is 8.26. The van der Waals surface area contributed by atoms with E-state index in [4.69, 9.17) is 4.74 Å². The van der Waals surface area contributed by atoms with E-state index in [0.29, 0.717) is 32.5 Å². The maximum absolute atomic E-state index is 14.1. The normalized spacial score (nSPS) is 29.7. The Hall–Kier alpha value is -1.80. The van der Waals surface area contributed by atoms with Gasteiger partial charge in [0.1, 0.15) is 6.04 Å². The minimum Gasteiger partial charge on any atom is -0.465 e. The number of aliphatic hydroxyl groups is 1. The molecular formula is C27H42N2O5S. The third-order valence-electron chi connectivity index (χ3n) is 7.81. The molecule has 0 aromatic carbocycles. The molecule has 8 heteroatoms. The Morgan fingerprint density at radius 2 is 2.06 bits per heavy atom. The second-order valence-corrected chi connectivity index (χ2v) is 11.5. The molecule has 0 aromatic rings. The number of rotatable bonds is 15. The van der Waals surface area contributed by atoms with E-state index in [1.54, 1.807) is 27.6 Å². The van der Waals surface area contributed by atoms with Crippen molar-refractivity contribution in [3.05, 3.63) is 25.3 Å². The summed E-state index contributed by atoms with van der Waals surface area (Å²) in [5.41, 5.74) is 0. The first-order valence-corrected chi connectivity index (χ1v) is 14.1. The topological polar surface area (TPSA) is 87.1 Å². The first-order valence-electron chi connectivity index (χ1n) is 13.2. The molecule has 0 saturated carbocycles. The van der Waals surface area contributed by atoms with E-state index in [1.807, 2.05) is 13.0 Å². The maximum atomic E-state index is 14.1. The molecule has 2 unspecified atom stereocenters. The minimum atomic E-state index is -0.686. The van der Waals surface area contributed by atoms with Gasteiger partial charge in [0.15, 0.2) is 0 Å². The lowest BCUT2D eigenvalue weighted by Crippen LogP contribution is -2.57. The van der Waals surface area contributed by atoms with Gasteiger partial charge >= 0.3 is 5.97 Å². The highest BCUT2D eigenvalue weighted by Crippen LogP contribution is 2.67. The van der Waals surface area contributed by atoms with Gasteiger partial charge < -0.3 is 19.6 Å². The van der Waals surface area contributed by atoms with Crippen molar-refractivity contribution in [2.75, 3.05) is 26.3 Å². The Kier molecular flexibility index (Phi) is 9.87. The van der Waals surface area contributed by atoms with Crippen molar-refractivity contribution in [2.24, 2.45) is 11.8 Å². The summed E-state index contributed by atoms with van der Waals surface area (Å²) in [5.74, 6) is -1.71. The summed E-state index contributed by atoms with van der Waals surface area (Å²) in [6.07, 6.45) is 9.97. The van der Waals surface area contributed by atoms with E-state index in [1.165, 1.54) is 0 Å². The van der Waals surface area contributed by atoms with Gasteiger partial charge in [-0.05, 0) is 44.9 Å². The van der Waals surface area contributed by atoms with Crippen LogP contribution in [-0.4, -0.2) is 81.1 Å². The number of likely N-dealkylation sites (tertiary alicyclic amines) is 1. The van der Waals surface area contributed by atoms with Gasteiger partial charge in [0.2, 0.25) is 11.8 Å². The highest BCUT2D eigenvalue weighted by Gasteiger charge is 2.74. The van der Waals surface area contributed by atoms with Gasteiger partial charge in [-0.1, -0.05) is 32.4 Å². The molecule has 3 aliphatic rings. The van der Waals surface area contributed by atoms with Crippen LogP contribution >= 0.6 is 11.8 Å². The van der Waals surface area contributed by atoms with E-state index >= 15 is 0 Å². The van der Waals surface area contributed by atoms with Crippen LogP contribution in [0.3, 0.4) is 0 Å². The highest BCUT2D eigenvalue weighted by molar-refractivity contribution is 8.02. The zero-order valence-electron chi connectivity index (χ0n) is 21.3. The van der Waals surface area contributed by atoms with Crippen molar-refractivity contribution >= 4 is 29.5 Å². The second kappa shape index (κ2) is 12.4. The van der Waals surface area contributed by atoms with Crippen LogP contribution in [-0.2, 0) is 19.1 Å². The van der Waals surface area contributed by atoms with E-state index in [9.17, 15) is 19.5 Å². The van der Waals surface area contributed by atoms with Crippen molar-refractivity contribution in [2.45, 2.75) is 87.3 Å². The number of thioether (sulfide) groups is 1. The molecule has 6 atom stereocenters. The molecule has 3 fully saturated rings. The summed E-state index contributed by atoms with van der Waals surface area (Å²) in [5, 5.41) is 10.1. The predicted molar refractivity (Wildman–Crippen MR) is 139 cm³/mol. The number of ether oxygens (including phenoxy) is 1. The first kappa shape index (κ1) is 27.8. The third kappa shape index (κ3) is 5.19. The van der Waals surface area contributed by atoms with Crippen molar-refractivity contribution in [1.82, 2.24) is 9.80 Å². The smallest absolute Gasteiger partial charge is 0.310 e. The molecule has 1 N–H and O–H groups in total. The average molecular weight is 507 g/mol. The lowest BCUT2D eigenvalue weighted by Gasteiger charge is -2.39. The maximum Gasteiger partial charge on any atom is 0.310 e. The van der Waals surface area contributed by atoms with Crippen molar-refractivity contribution in [1.29, 1.82) is 0 Å². The molecule has 35 heavy (non-hydrogen) atoms. The number of aliphatic hydroxyl groups excluding tert-OH is 1. The number of amides is 2. The number of nitrogens with zero attached hydrogens (tertiary/aromatic N) is 2. The van der Waals surface area contributed by atoms with E-state index in [0.717, 1.165) is 38.5 Å². The SMILES string of the molecule is C=CCCCCOC(=O)[C@@H]1[C@H]2C(=O)N([C@@H](CC)CO)C(C(=O)N(CC=C)CCCC)C23CC[C@H]1S3. The van der Waals surface area contributed by atoms with Crippen LogP contribution in [0.5, 0.6) is 0 Å². The minimum absolute atomic E-state index is 0.0141. The molecule has 1 spiro atoms. The van der Waals surface area contributed by atoms with Crippen LogP contribution in [0, 0.1) is 11.8 Å². The molecule has 2 amide bonds. The van der Waals surface area contributed by atoms with Crippen LogP contribution in [0.4, 0.5) is 0 Å². The van der Waals surface area contributed by atoms with Crippen LogP contribution < -0.4 is 0 Å². The Morgan fingerprint density at radius 1 is 1.29 bits per heavy atom. The number of unbranched alkanes of at least 4 members (excludes halogenated alkanes) is 3. The lowest BCUT2D eigenvalue weighted by atomic mass is 9.71. The Labute approximate surface area is 214 Å². The van der Waals surface area contributed by atoms with Crippen LogP contribution in [0.25, 0.3) is 0 Å². The summed E-state index contributed by atoms with van der Waals surface area (Å²) in [6, 6.07) is -1.14. The molecule has 0 radical (unpaired) electrons. The number of hydrogen-bond donors (Lipinski definition) is 1. The van der Waals surface area contributed by atoms with Gasteiger partial charge in [-0.2, -0.15) is 0 Å². The molecule has 7 nitrogen and oxygen atoms in total. The largest absolute Gasteiger partial charge is 0.465 e. The molecule has 3 heterocycles. The van der Waals surface area contributed by atoms with E-state index in [2.05, 4.69) is 20.1 Å². The number of allylic oxidation sites excluding steroid dienone is 1. The molecule has 3 aliphatic heterocycles. The second-order valence-electron chi connectivity index (χ2n) is 9.92. The van der Waals surface area contributed by atoms with E-state index in [-0.39, 0.29) is 29.6 Å². The van der Waals surface area contributed by atoms with Crippen LogP contribution in [0.1, 0.15) is 65.2 Å². The zero-order valence-corrected chi connectivity index (χ0v) is 22.1. The Bertz CT molecular complexity index is 800. The molecular weight excluding hydrogens is 464 g/mol. The summed E-state index contributed by atoms with van der Waals surface area (Å²) in [6.45, 7) is 12.7. The Morgan fingerprint density at radius 3 is 2.69 bits per heavy atom. The third-order valence-corrected chi connectivity index (χ3v) is 9.76. The summed E-state index contributed by atoms with van der Waals surface area (Å²) >= 11 is 1.64. The van der Waals surface area contributed by atoms with Gasteiger partial charge in [0, 0.05) is 18.3 Å². The van der Waals surface area contributed by atoms with Crippen molar-refractivity contribution < 1.29 is 24.2 Å². The lowest BCUT2D eigenvalue weighted by molar-refractivity contribution is -0.154. The van der Waals surface area contributed by atoms with Crippen molar-refractivity contribution in [3.63, 3.8) is 0 Å². The molecule has 3 rings (SSSR count). The Balaban J connectivity index is 1.91. The molecule has 0 aliphatic carbocycles. The number of carbonyl (C=O) groups is 3. The summed E-state index contributed by atoms with van der Waals surface area (Å²) in [7, 11) is 0. The quantitative estimate of drug-likeness (QED) is 0.208. The fraction of sp³-hybridized carbons (Fsp3) is 0.741. The van der Waals surface area contributed by atoms with Gasteiger partial charge in [-0.15, -0.1) is 24.9 Å². The number of fused-ring (bicyclic) bond motifs is 1. The van der Waals surface area contributed by atoms with Gasteiger partial charge in [0.25, 0.3) is 0 Å². The number of esters is 1. The molecule has 0 aromatic heterocycles. The summed E-state index contributed by atoms with van der Waals surface area (Å²) < 4.78 is 4.99. The number of hydrogen-bond acceptors (Lipinski definition) is 6. The standard InChI is InChI=1S/C27H42N2O5S/c1-5-9-11-12-17-34-26(33)21-20-13-14-27(35-20)22(21)24(31)29(19(8-4)18-30)23(27)25(32)28(15-7-3)16-10-6-2/h5,7,19-23,30H,1,3,6,8-18H2,2,4H3/t19-,20+,21-,22-,23?,27?/m0/s1. The molecule has 2 bridgehead atoms. The predicted octanol–water partition coefficient (Wildman–Crippen LogP) is 3.56.